The van der Waals surface area contributed by atoms with Gasteiger partial charge in [0.05, 0.1) is 12.7 Å². The molecule has 0 saturated heterocycles. The first kappa shape index (κ1) is 13.7. The third-order valence-corrected chi connectivity index (χ3v) is 3.36. The maximum Gasteiger partial charge on any atom is 0.336 e. The van der Waals surface area contributed by atoms with Crippen LogP contribution >= 0.6 is 11.6 Å². The van der Waals surface area contributed by atoms with Crippen molar-refractivity contribution in [2.75, 3.05) is 7.11 Å². The molecule has 0 amide bonds. The molecule has 1 aliphatic rings. The number of rotatable bonds is 2. The van der Waals surface area contributed by atoms with E-state index in [1.165, 1.54) is 7.11 Å². The third kappa shape index (κ3) is 2.82. The second-order valence-electron chi connectivity index (χ2n) is 4.54. The zero-order valence-electron chi connectivity index (χ0n) is 11.2. The lowest BCUT2D eigenvalue weighted by atomic mass is 9.87. The van der Waals surface area contributed by atoms with E-state index in [2.05, 4.69) is 5.32 Å². The second-order valence-corrected chi connectivity index (χ2v) is 4.97. The average molecular weight is 278 g/mol. The highest BCUT2D eigenvalue weighted by Crippen LogP contribution is 2.33. The Morgan fingerprint density at radius 2 is 2.11 bits per heavy atom. The van der Waals surface area contributed by atoms with E-state index < -0.39 is 0 Å². The number of halogens is 1. The number of hydrogen-bond acceptors (Lipinski definition) is 3. The summed E-state index contributed by atoms with van der Waals surface area (Å²) >= 11 is 6.03. The normalized spacial score (nSPS) is 18.7. The summed E-state index contributed by atoms with van der Waals surface area (Å²) in [4.78, 5) is 12.0. The molecule has 2 rings (SSSR count). The van der Waals surface area contributed by atoms with Gasteiger partial charge in [0.2, 0.25) is 0 Å². The summed E-state index contributed by atoms with van der Waals surface area (Å²) < 4.78 is 4.88. The zero-order chi connectivity index (χ0) is 14.0. The van der Waals surface area contributed by atoms with Crippen LogP contribution in [0.15, 0.2) is 47.3 Å². The predicted octanol–water partition coefficient (Wildman–Crippen LogP) is 3.38. The monoisotopic (exact) mass is 277 g/mol. The fraction of sp³-hybridized carbons (Fsp3) is 0.267. The standard InChI is InChI=1S/C15H16ClNO2/c1-9-7-13(11-5-4-6-12(16)8-11)14(10(2)17-9)15(18)19-3/h4-8,13,17H,1-3H3. The van der Waals surface area contributed by atoms with E-state index in [0.29, 0.717) is 10.6 Å². The zero-order valence-corrected chi connectivity index (χ0v) is 11.9. The van der Waals surface area contributed by atoms with E-state index in [1.807, 2.05) is 44.2 Å². The molecule has 3 nitrogen and oxygen atoms in total. The summed E-state index contributed by atoms with van der Waals surface area (Å²) in [5.74, 6) is -0.453. The number of allylic oxidation sites excluding steroid dienone is 3. The van der Waals surface area contributed by atoms with E-state index in [9.17, 15) is 4.79 Å². The predicted molar refractivity (Wildman–Crippen MR) is 75.8 cm³/mol. The van der Waals surface area contributed by atoms with Gasteiger partial charge in [-0.2, -0.15) is 0 Å². The SMILES string of the molecule is COC(=O)C1=C(C)NC(C)=CC1c1cccc(Cl)c1. The number of methoxy groups -OCH3 is 1. The van der Waals surface area contributed by atoms with Crippen molar-refractivity contribution in [2.45, 2.75) is 19.8 Å². The molecule has 1 aromatic rings. The van der Waals surface area contributed by atoms with Crippen LogP contribution in [0.25, 0.3) is 0 Å². The first-order valence-corrected chi connectivity index (χ1v) is 6.40. The number of carbonyl (C=O) groups excluding carboxylic acids is 1. The minimum atomic E-state index is -0.321. The van der Waals surface area contributed by atoms with Gasteiger partial charge >= 0.3 is 5.97 Å². The number of carbonyl (C=O) groups is 1. The quantitative estimate of drug-likeness (QED) is 0.842. The van der Waals surface area contributed by atoms with E-state index in [4.69, 9.17) is 16.3 Å². The van der Waals surface area contributed by atoms with Crippen LogP contribution in [-0.2, 0) is 9.53 Å². The van der Waals surface area contributed by atoms with E-state index in [0.717, 1.165) is 17.0 Å². The Bertz CT molecular complexity index is 575. The second kappa shape index (κ2) is 5.49. The maximum atomic E-state index is 12.0. The molecule has 0 spiro atoms. The van der Waals surface area contributed by atoms with Crippen molar-refractivity contribution in [3.63, 3.8) is 0 Å². The molecule has 1 atom stereocenters. The van der Waals surface area contributed by atoms with Crippen LogP contribution in [0.3, 0.4) is 0 Å². The van der Waals surface area contributed by atoms with Crippen molar-refractivity contribution < 1.29 is 9.53 Å². The molecular formula is C15H16ClNO2. The van der Waals surface area contributed by atoms with Gasteiger partial charge in [0.15, 0.2) is 0 Å². The van der Waals surface area contributed by atoms with Crippen molar-refractivity contribution >= 4 is 17.6 Å². The minimum absolute atomic E-state index is 0.132. The molecule has 1 unspecified atom stereocenters. The topological polar surface area (TPSA) is 38.3 Å². The summed E-state index contributed by atoms with van der Waals surface area (Å²) in [7, 11) is 1.39. The molecule has 0 aliphatic carbocycles. The fourth-order valence-electron chi connectivity index (χ4n) is 2.32. The molecule has 0 bridgehead atoms. The van der Waals surface area contributed by atoms with E-state index >= 15 is 0 Å². The van der Waals surface area contributed by atoms with E-state index in [-0.39, 0.29) is 11.9 Å². The maximum absolute atomic E-state index is 12.0. The van der Waals surface area contributed by atoms with Crippen LogP contribution in [0.1, 0.15) is 25.3 Å². The Morgan fingerprint density at radius 1 is 1.37 bits per heavy atom. The molecular weight excluding hydrogens is 262 g/mol. The van der Waals surface area contributed by atoms with Gasteiger partial charge in [-0.15, -0.1) is 0 Å². The van der Waals surface area contributed by atoms with Gasteiger partial charge in [-0.1, -0.05) is 29.8 Å². The molecule has 1 N–H and O–H groups in total. The van der Waals surface area contributed by atoms with Gasteiger partial charge < -0.3 is 10.1 Å². The largest absolute Gasteiger partial charge is 0.466 e. The number of ether oxygens (including phenoxy) is 1. The summed E-state index contributed by atoms with van der Waals surface area (Å²) in [6.07, 6.45) is 2.00. The fourth-order valence-corrected chi connectivity index (χ4v) is 2.52. The summed E-state index contributed by atoms with van der Waals surface area (Å²) in [6.45, 7) is 3.84. The third-order valence-electron chi connectivity index (χ3n) is 3.13. The number of hydrogen-bond donors (Lipinski definition) is 1. The van der Waals surface area contributed by atoms with Crippen molar-refractivity contribution in [3.05, 3.63) is 57.9 Å². The number of nitrogens with one attached hydrogen (secondary N) is 1. The van der Waals surface area contributed by atoms with Crippen LogP contribution in [0.5, 0.6) is 0 Å². The summed E-state index contributed by atoms with van der Waals surface area (Å²) in [5.41, 5.74) is 3.43. The van der Waals surface area contributed by atoms with Crippen LogP contribution in [0.4, 0.5) is 0 Å². The lowest BCUT2D eigenvalue weighted by Gasteiger charge is -2.25. The first-order valence-electron chi connectivity index (χ1n) is 6.03. The lowest BCUT2D eigenvalue weighted by molar-refractivity contribution is -0.136. The Kier molecular flexibility index (Phi) is 3.96. The Morgan fingerprint density at radius 3 is 2.74 bits per heavy atom. The van der Waals surface area contributed by atoms with Gasteiger partial charge in [-0.25, -0.2) is 4.79 Å². The van der Waals surface area contributed by atoms with Gasteiger partial charge in [-0.3, -0.25) is 0 Å². The number of benzene rings is 1. The highest BCUT2D eigenvalue weighted by atomic mass is 35.5. The van der Waals surface area contributed by atoms with Crippen molar-refractivity contribution in [3.8, 4) is 0 Å². The Labute approximate surface area is 117 Å². The number of dihydropyridines is 1. The molecule has 0 fully saturated rings. The molecule has 4 heteroatoms. The van der Waals surface area contributed by atoms with Gasteiger partial charge in [0, 0.05) is 22.3 Å². The van der Waals surface area contributed by atoms with Gasteiger partial charge in [0.1, 0.15) is 0 Å². The van der Waals surface area contributed by atoms with Crippen molar-refractivity contribution in [2.24, 2.45) is 0 Å². The number of esters is 1. The first-order chi connectivity index (χ1) is 9.02. The summed E-state index contributed by atoms with van der Waals surface area (Å²) in [6, 6.07) is 7.53. The van der Waals surface area contributed by atoms with Gasteiger partial charge in [-0.05, 0) is 31.5 Å². The molecule has 100 valence electrons. The molecule has 1 aliphatic heterocycles. The molecule has 0 aromatic heterocycles. The Balaban J connectivity index is 2.50. The van der Waals surface area contributed by atoms with Crippen LogP contribution in [0, 0.1) is 0 Å². The van der Waals surface area contributed by atoms with Crippen molar-refractivity contribution in [1.82, 2.24) is 5.32 Å². The molecule has 1 aromatic carbocycles. The Hall–Kier alpha value is -1.74. The highest BCUT2D eigenvalue weighted by Gasteiger charge is 2.27. The van der Waals surface area contributed by atoms with Crippen LogP contribution < -0.4 is 5.32 Å². The smallest absolute Gasteiger partial charge is 0.336 e. The minimum Gasteiger partial charge on any atom is -0.466 e. The highest BCUT2D eigenvalue weighted by molar-refractivity contribution is 6.30. The summed E-state index contributed by atoms with van der Waals surface area (Å²) in [5, 5.41) is 3.82. The molecule has 0 saturated carbocycles. The molecule has 0 radical (unpaired) electrons. The molecule has 1 heterocycles. The average Bonchev–Trinajstić information content (AvgIpc) is 2.37. The van der Waals surface area contributed by atoms with Crippen LogP contribution in [0.2, 0.25) is 5.02 Å². The van der Waals surface area contributed by atoms with Crippen molar-refractivity contribution in [1.29, 1.82) is 0 Å². The van der Waals surface area contributed by atoms with E-state index in [1.54, 1.807) is 0 Å². The molecule has 19 heavy (non-hydrogen) atoms. The lowest BCUT2D eigenvalue weighted by Crippen LogP contribution is -2.25. The van der Waals surface area contributed by atoms with Gasteiger partial charge in [0.25, 0.3) is 0 Å². The van der Waals surface area contributed by atoms with Crippen LogP contribution in [-0.4, -0.2) is 13.1 Å².